The zero-order chi connectivity index (χ0) is 14.5. The van der Waals surface area contributed by atoms with Crippen molar-refractivity contribution in [3.8, 4) is 0 Å². The Balaban J connectivity index is 1.86. The molecule has 2 N–H and O–H groups in total. The number of hydrogen-bond donors (Lipinski definition) is 1. The normalized spacial score (nSPS) is 20.1. The van der Waals surface area contributed by atoms with Gasteiger partial charge in [0.15, 0.2) is 0 Å². The van der Waals surface area contributed by atoms with Crippen molar-refractivity contribution in [1.82, 2.24) is 4.90 Å². The van der Waals surface area contributed by atoms with Gasteiger partial charge in [0.25, 0.3) is 0 Å². The van der Waals surface area contributed by atoms with Crippen LogP contribution in [0.2, 0.25) is 0 Å². The maximum atomic E-state index is 12.8. The van der Waals surface area contributed by atoms with Gasteiger partial charge in [0.1, 0.15) is 5.82 Å². The molecule has 0 aromatic heterocycles. The van der Waals surface area contributed by atoms with Crippen LogP contribution < -0.4 is 5.73 Å². The molecule has 1 aliphatic rings. The maximum absolute atomic E-state index is 12.8. The zero-order valence-electron chi connectivity index (χ0n) is 11.7. The number of hydrogen-bond acceptors (Lipinski definition) is 3. The van der Waals surface area contributed by atoms with Gasteiger partial charge in [0, 0.05) is 35.7 Å². The molecular formula is C15H21FN2OS. The number of nitrogens with zero attached hydrogens (tertiary/aromatic N) is 1. The largest absolute Gasteiger partial charge is 0.338 e. The Bertz CT molecular complexity index is 452. The van der Waals surface area contributed by atoms with Gasteiger partial charge in [-0.3, -0.25) is 4.79 Å². The minimum absolute atomic E-state index is 0.0443. The van der Waals surface area contributed by atoms with Crippen LogP contribution >= 0.6 is 11.8 Å². The molecule has 1 aromatic rings. The number of benzene rings is 1. The average molecular weight is 296 g/mol. The van der Waals surface area contributed by atoms with E-state index in [1.54, 1.807) is 23.9 Å². The van der Waals surface area contributed by atoms with Crippen molar-refractivity contribution in [2.24, 2.45) is 11.7 Å². The van der Waals surface area contributed by atoms with Crippen LogP contribution in [0.1, 0.15) is 19.8 Å². The van der Waals surface area contributed by atoms with Crippen LogP contribution in [-0.2, 0) is 4.79 Å². The lowest BCUT2D eigenvalue weighted by Crippen LogP contribution is -2.43. The topological polar surface area (TPSA) is 46.3 Å². The van der Waals surface area contributed by atoms with Gasteiger partial charge in [0.05, 0.1) is 0 Å². The summed E-state index contributed by atoms with van der Waals surface area (Å²) in [5.41, 5.74) is 5.71. The molecule has 1 amide bonds. The van der Waals surface area contributed by atoms with Crippen molar-refractivity contribution in [3.63, 3.8) is 0 Å². The number of thioether (sulfide) groups is 1. The van der Waals surface area contributed by atoms with Crippen molar-refractivity contribution in [2.45, 2.75) is 30.7 Å². The molecule has 2 unspecified atom stereocenters. The fourth-order valence-corrected chi connectivity index (χ4v) is 3.39. The molecule has 1 saturated heterocycles. The third kappa shape index (κ3) is 3.73. The van der Waals surface area contributed by atoms with Crippen LogP contribution in [0.15, 0.2) is 29.2 Å². The smallest absolute Gasteiger partial charge is 0.226 e. The van der Waals surface area contributed by atoms with Gasteiger partial charge in [-0.05, 0) is 37.1 Å². The van der Waals surface area contributed by atoms with Crippen LogP contribution in [0.5, 0.6) is 0 Å². The Morgan fingerprint density at radius 1 is 1.50 bits per heavy atom. The first-order valence-corrected chi connectivity index (χ1v) is 7.99. The van der Waals surface area contributed by atoms with E-state index in [4.69, 9.17) is 5.73 Å². The molecule has 110 valence electrons. The average Bonchev–Trinajstić information content (AvgIpc) is 2.94. The summed E-state index contributed by atoms with van der Waals surface area (Å²) in [6.45, 7) is 3.32. The van der Waals surface area contributed by atoms with E-state index in [0.717, 1.165) is 24.3 Å². The van der Waals surface area contributed by atoms with E-state index >= 15 is 0 Å². The van der Waals surface area contributed by atoms with E-state index in [-0.39, 0.29) is 23.7 Å². The Kier molecular flexibility index (Phi) is 5.43. The minimum Gasteiger partial charge on any atom is -0.338 e. The third-order valence-electron chi connectivity index (χ3n) is 3.67. The third-order valence-corrected chi connectivity index (χ3v) is 4.94. The van der Waals surface area contributed by atoms with E-state index in [1.807, 2.05) is 11.8 Å². The molecule has 0 radical (unpaired) electrons. The number of rotatable bonds is 5. The molecule has 1 fully saturated rings. The number of nitrogens with two attached hydrogens (primary N) is 1. The van der Waals surface area contributed by atoms with Crippen molar-refractivity contribution in [2.75, 3.05) is 18.8 Å². The number of likely N-dealkylation sites (tertiary alicyclic amines) is 1. The Morgan fingerprint density at radius 2 is 2.20 bits per heavy atom. The molecule has 0 saturated carbocycles. The molecule has 1 heterocycles. The lowest BCUT2D eigenvalue weighted by atomic mass is 10.1. The van der Waals surface area contributed by atoms with Crippen LogP contribution in [0.3, 0.4) is 0 Å². The van der Waals surface area contributed by atoms with Gasteiger partial charge in [-0.2, -0.15) is 0 Å². The number of carbonyl (C=O) groups is 1. The van der Waals surface area contributed by atoms with Gasteiger partial charge in [0.2, 0.25) is 5.91 Å². The molecule has 1 aromatic carbocycles. The predicted octanol–water partition coefficient (Wildman–Crippen LogP) is 2.50. The molecular weight excluding hydrogens is 275 g/mol. The molecule has 0 aliphatic carbocycles. The highest BCUT2D eigenvalue weighted by atomic mass is 32.2. The van der Waals surface area contributed by atoms with E-state index in [9.17, 15) is 9.18 Å². The molecule has 2 atom stereocenters. The van der Waals surface area contributed by atoms with E-state index < -0.39 is 0 Å². The Labute approximate surface area is 123 Å². The van der Waals surface area contributed by atoms with Gasteiger partial charge in [-0.25, -0.2) is 4.39 Å². The highest BCUT2D eigenvalue weighted by Gasteiger charge is 2.30. The standard InChI is InChI=1S/C15H21FN2OS/c1-11(10-20-14-6-4-12(16)5-7-14)15(19)18-8-2-3-13(18)9-17/h4-7,11,13H,2-3,8-10,17H2,1H3. The maximum Gasteiger partial charge on any atom is 0.226 e. The number of amides is 1. The van der Waals surface area contributed by atoms with Crippen LogP contribution in [0.4, 0.5) is 4.39 Å². The first-order valence-electron chi connectivity index (χ1n) is 7.00. The van der Waals surface area contributed by atoms with Crippen molar-refractivity contribution < 1.29 is 9.18 Å². The van der Waals surface area contributed by atoms with Gasteiger partial charge >= 0.3 is 0 Å². The molecule has 0 bridgehead atoms. The fourth-order valence-electron chi connectivity index (χ4n) is 2.48. The fraction of sp³-hybridized carbons (Fsp3) is 0.533. The number of halogens is 1. The van der Waals surface area contributed by atoms with Crippen molar-refractivity contribution >= 4 is 17.7 Å². The van der Waals surface area contributed by atoms with Crippen LogP contribution in [0.25, 0.3) is 0 Å². The van der Waals surface area contributed by atoms with Gasteiger partial charge < -0.3 is 10.6 Å². The Morgan fingerprint density at radius 3 is 2.85 bits per heavy atom. The summed E-state index contributed by atoms with van der Waals surface area (Å²) in [6, 6.07) is 6.59. The molecule has 5 heteroatoms. The minimum atomic E-state index is -0.235. The van der Waals surface area contributed by atoms with Crippen molar-refractivity contribution in [3.05, 3.63) is 30.1 Å². The second-order valence-electron chi connectivity index (χ2n) is 5.23. The first kappa shape index (κ1) is 15.3. The molecule has 0 spiro atoms. The lowest BCUT2D eigenvalue weighted by Gasteiger charge is -2.26. The zero-order valence-corrected chi connectivity index (χ0v) is 12.5. The lowest BCUT2D eigenvalue weighted by molar-refractivity contribution is -0.134. The summed E-state index contributed by atoms with van der Waals surface area (Å²) in [5.74, 6) is 0.615. The quantitative estimate of drug-likeness (QED) is 0.849. The first-order chi connectivity index (χ1) is 9.61. The van der Waals surface area contributed by atoms with E-state index in [0.29, 0.717) is 12.3 Å². The van der Waals surface area contributed by atoms with Crippen LogP contribution in [0, 0.1) is 11.7 Å². The highest BCUT2D eigenvalue weighted by molar-refractivity contribution is 7.99. The van der Waals surface area contributed by atoms with Crippen LogP contribution in [-0.4, -0.2) is 35.7 Å². The highest BCUT2D eigenvalue weighted by Crippen LogP contribution is 2.24. The van der Waals surface area contributed by atoms with Gasteiger partial charge in [-0.1, -0.05) is 6.92 Å². The summed E-state index contributed by atoms with van der Waals surface area (Å²) in [7, 11) is 0. The number of carbonyl (C=O) groups excluding carboxylic acids is 1. The monoisotopic (exact) mass is 296 g/mol. The molecule has 20 heavy (non-hydrogen) atoms. The second-order valence-corrected chi connectivity index (χ2v) is 6.32. The predicted molar refractivity (Wildman–Crippen MR) is 80.1 cm³/mol. The molecule has 1 aliphatic heterocycles. The molecule has 3 nitrogen and oxygen atoms in total. The summed E-state index contributed by atoms with van der Waals surface area (Å²) in [4.78, 5) is 15.3. The van der Waals surface area contributed by atoms with E-state index in [1.165, 1.54) is 12.1 Å². The summed E-state index contributed by atoms with van der Waals surface area (Å²) < 4.78 is 12.8. The summed E-state index contributed by atoms with van der Waals surface area (Å²) in [5, 5.41) is 0. The summed E-state index contributed by atoms with van der Waals surface area (Å²) in [6.07, 6.45) is 2.06. The molecule has 2 rings (SSSR count). The van der Waals surface area contributed by atoms with Crippen molar-refractivity contribution in [1.29, 1.82) is 0 Å². The van der Waals surface area contributed by atoms with Gasteiger partial charge in [-0.15, -0.1) is 11.8 Å². The summed E-state index contributed by atoms with van der Waals surface area (Å²) >= 11 is 1.59. The van der Waals surface area contributed by atoms with E-state index in [2.05, 4.69) is 0 Å². The second kappa shape index (κ2) is 7.09. The SMILES string of the molecule is CC(CSc1ccc(F)cc1)C(=O)N1CCCC1CN. The Hall–Kier alpha value is -1.07.